The third-order valence-electron chi connectivity index (χ3n) is 4.32. The molecule has 1 atom stereocenters. The molecule has 0 radical (unpaired) electrons. The van der Waals surface area contributed by atoms with E-state index in [1.165, 1.54) is 11.1 Å². The maximum Gasteiger partial charge on any atom is 0.315 e. The van der Waals surface area contributed by atoms with Gasteiger partial charge in [0.25, 0.3) is 0 Å². The normalized spacial score (nSPS) is 16.1. The largest absolute Gasteiger partial charge is 0.492 e. The number of hydrogen-bond acceptors (Lipinski definition) is 2. The van der Waals surface area contributed by atoms with E-state index in [2.05, 4.69) is 28.8 Å². The van der Waals surface area contributed by atoms with E-state index >= 15 is 0 Å². The molecule has 4 nitrogen and oxygen atoms in total. The molecule has 0 saturated heterocycles. The van der Waals surface area contributed by atoms with E-state index in [4.69, 9.17) is 4.74 Å². The molecule has 24 heavy (non-hydrogen) atoms. The summed E-state index contributed by atoms with van der Waals surface area (Å²) in [6, 6.07) is 16.2. The highest BCUT2D eigenvalue weighted by Gasteiger charge is 2.20. The topological polar surface area (TPSA) is 50.4 Å². The van der Waals surface area contributed by atoms with Crippen molar-refractivity contribution in [2.45, 2.75) is 32.2 Å². The minimum Gasteiger partial charge on any atom is -0.492 e. The third-order valence-corrected chi connectivity index (χ3v) is 4.32. The van der Waals surface area contributed by atoms with Gasteiger partial charge in [0.05, 0.1) is 12.6 Å². The molecular formula is C20H24N2O2. The number of hydrogen-bond donors (Lipinski definition) is 2. The molecule has 0 bridgehead atoms. The second kappa shape index (κ2) is 7.86. The summed E-state index contributed by atoms with van der Waals surface area (Å²) in [7, 11) is 0. The van der Waals surface area contributed by atoms with Gasteiger partial charge in [-0.2, -0.15) is 0 Å². The van der Waals surface area contributed by atoms with Gasteiger partial charge in [-0.15, -0.1) is 0 Å². The van der Waals surface area contributed by atoms with Crippen LogP contribution in [0.4, 0.5) is 4.79 Å². The molecule has 126 valence electrons. The van der Waals surface area contributed by atoms with Crippen LogP contribution in [0.15, 0.2) is 48.5 Å². The van der Waals surface area contributed by atoms with Crippen LogP contribution in [0.2, 0.25) is 0 Å². The van der Waals surface area contributed by atoms with Gasteiger partial charge >= 0.3 is 6.03 Å². The van der Waals surface area contributed by atoms with E-state index in [-0.39, 0.29) is 12.1 Å². The Morgan fingerprint density at radius 2 is 2.08 bits per heavy atom. The van der Waals surface area contributed by atoms with Crippen LogP contribution < -0.4 is 15.4 Å². The first-order valence-electron chi connectivity index (χ1n) is 8.54. The van der Waals surface area contributed by atoms with Crippen LogP contribution >= 0.6 is 0 Å². The molecule has 0 saturated carbocycles. The van der Waals surface area contributed by atoms with Crippen molar-refractivity contribution in [1.29, 1.82) is 0 Å². The number of fused-ring (bicyclic) bond motifs is 1. The van der Waals surface area contributed by atoms with Gasteiger partial charge in [-0.25, -0.2) is 4.79 Å². The van der Waals surface area contributed by atoms with Gasteiger partial charge < -0.3 is 15.4 Å². The summed E-state index contributed by atoms with van der Waals surface area (Å²) >= 11 is 0. The number of urea groups is 1. The monoisotopic (exact) mass is 324 g/mol. The summed E-state index contributed by atoms with van der Waals surface area (Å²) in [5.41, 5.74) is 3.75. The number of aryl methyl sites for hydroxylation is 2. The molecule has 2 amide bonds. The molecule has 2 aromatic rings. The van der Waals surface area contributed by atoms with Crippen molar-refractivity contribution in [1.82, 2.24) is 10.6 Å². The molecule has 2 aromatic carbocycles. The maximum atomic E-state index is 12.1. The molecule has 0 aromatic heterocycles. The number of carbonyl (C=O) groups is 1. The second-order valence-electron chi connectivity index (χ2n) is 6.21. The van der Waals surface area contributed by atoms with Gasteiger partial charge in [0.2, 0.25) is 0 Å². The Hall–Kier alpha value is -2.49. The summed E-state index contributed by atoms with van der Waals surface area (Å²) in [6.45, 7) is 2.97. The highest BCUT2D eigenvalue weighted by Crippen LogP contribution is 2.29. The summed E-state index contributed by atoms with van der Waals surface area (Å²) in [5.74, 6) is 0.832. The minimum atomic E-state index is -0.135. The second-order valence-corrected chi connectivity index (χ2v) is 6.21. The Morgan fingerprint density at radius 1 is 1.21 bits per heavy atom. The van der Waals surface area contributed by atoms with Crippen molar-refractivity contribution < 1.29 is 9.53 Å². The number of benzene rings is 2. The van der Waals surface area contributed by atoms with Crippen molar-refractivity contribution in [3.63, 3.8) is 0 Å². The van der Waals surface area contributed by atoms with Crippen LogP contribution in [0.25, 0.3) is 0 Å². The number of rotatable bonds is 5. The first kappa shape index (κ1) is 16.4. The van der Waals surface area contributed by atoms with E-state index in [9.17, 15) is 4.79 Å². The number of nitrogens with one attached hydrogen (secondary N) is 2. The Bertz CT molecular complexity index is 700. The van der Waals surface area contributed by atoms with E-state index in [1.54, 1.807) is 0 Å². The smallest absolute Gasteiger partial charge is 0.315 e. The van der Waals surface area contributed by atoms with Crippen molar-refractivity contribution in [2.24, 2.45) is 0 Å². The van der Waals surface area contributed by atoms with Crippen LogP contribution in [-0.4, -0.2) is 19.2 Å². The fraction of sp³-hybridized carbons (Fsp3) is 0.350. The van der Waals surface area contributed by atoms with E-state index in [0.29, 0.717) is 13.2 Å². The van der Waals surface area contributed by atoms with E-state index < -0.39 is 0 Å². The first-order valence-corrected chi connectivity index (χ1v) is 8.54. The Kier molecular flexibility index (Phi) is 5.36. The predicted molar refractivity (Wildman–Crippen MR) is 95.3 cm³/mol. The average Bonchev–Trinajstić information content (AvgIpc) is 2.59. The Labute approximate surface area is 143 Å². The van der Waals surface area contributed by atoms with E-state index in [1.807, 2.05) is 37.3 Å². The summed E-state index contributed by atoms with van der Waals surface area (Å²) in [6.07, 6.45) is 3.20. The van der Waals surface area contributed by atoms with Crippen molar-refractivity contribution in [2.75, 3.05) is 13.2 Å². The fourth-order valence-corrected chi connectivity index (χ4v) is 3.15. The zero-order valence-electron chi connectivity index (χ0n) is 14.0. The van der Waals surface area contributed by atoms with Crippen molar-refractivity contribution in [3.8, 4) is 5.75 Å². The van der Waals surface area contributed by atoms with Crippen LogP contribution in [0.5, 0.6) is 5.75 Å². The fourth-order valence-electron chi connectivity index (χ4n) is 3.15. The maximum absolute atomic E-state index is 12.1. The summed E-state index contributed by atoms with van der Waals surface area (Å²) in [4.78, 5) is 12.1. The van der Waals surface area contributed by atoms with Gasteiger partial charge in [0.15, 0.2) is 0 Å². The molecular weight excluding hydrogens is 300 g/mol. The van der Waals surface area contributed by atoms with Crippen LogP contribution in [0, 0.1) is 6.92 Å². The number of carbonyl (C=O) groups excluding carboxylic acids is 1. The van der Waals surface area contributed by atoms with Crippen LogP contribution in [0.3, 0.4) is 0 Å². The zero-order chi connectivity index (χ0) is 16.8. The highest BCUT2D eigenvalue weighted by atomic mass is 16.5. The lowest BCUT2D eigenvalue weighted by atomic mass is 9.88. The molecule has 0 spiro atoms. The predicted octanol–water partition coefficient (Wildman–Crippen LogP) is 3.75. The molecule has 3 rings (SSSR count). The lowest BCUT2D eigenvalue weighted by molar-refractivity contribution is 0.231. The summed E-state index contributed by atoms with van der Waals surface area (Å²) < 4.78 is 5.64. The van der Waals surface area contributed by atoms with Crippen molar-refractivity contribution in [3.05, 3.63) is 65.2 Å². The molecule has 1 unspecified atom stereocenters. The quantitative estimate of drug-likeness (QED) is 0.823. The van der Waals surface area contributed by atoms with Crippen LogP contribution in [0.1, 0.15) is 35.6 Å². The lowest BCUT2D eigenvalue weighted by Gasteiger charge is -2.26. The zero-order valence-corrected chi connectivity index (χ0v) is 14.0. The van der Waals surface area contributed by atoms with E-state index in [0.717, 1.165) is 30.6 Å². The average molecular weight is 324 g/mol. The molecule has 4 heteroatoms. The van der Waals surface area contributed by atoms with Gasteiger partial charge in [-0.3, -0.25) is 0 Å². The van der Waals surface area contributed by atoms with Gasteiger partial charge in [-0.1, -0.05) is 36.4 Å². The third kappa shape index (κ3) is 4.28. The highest BCUT2D eigenvalue weighted by molar-refractivity contribution is 5.74. The number of ether oxygens (including phenoxy) is 1. The molecule has 0 heterocycles. The minimum absolute atomic E-state index is 0.104. The van der Waals surface area contributed by atoms with Gasteiger partial charge in [-0.05, 0) is 55.0 Å². The SMILES string of the molecule is Cc1cccc(OCCNC(=O)NC2CCCc3ccccc32)c1. The molecule has 2 N–H and O–H groups in total. The standard InChI is InChI=1S/C20H24N2O2/c1-15-6-4-9-17(14-15)24-13-12-21-20(23)22-19-11-5-8-16-7-2-3-10-18(16)19/h2-4,6-7,9-10,14,19H,5,8,11-13H2,1H3,(H2,21,22,23). The lowest BCUT2D eigenvalue weighted by Crippen LogP contribution is -2.40. The molecule has 1 aliphatic rings. The van der Waals surface area contributed by atoms with Gasteiger partial charge in [0.1, 0.15) is 12.4 Å². The van der Waals surface area contributed by atoms with Crippen molar-refractivity contribution >= 4 is 6.03 Å². The van der Waals surface area contributed by atoms with Crippen LogP contribution in [-0.2, 0) is 6.42 Å². The molecule has 0 fully saturated rings. The molecule has 1 aliphatic carbocycles. The Balaban J connectivity index is 1.43. The molecule has 0 aliphatic heterocycles. The number of amides is 2. The summed E-state index contributed by atoms with van der Waals surface area (Å²) in [5, 5.41) is 5.95. The Morgan fingerprint density at radius 3 is 2.96 bits per heavy atom. The van der Waals surface area contributed by atoms with Gasteiger partial charge in [0, 0.05) is 0 Å². The first-order chi connectivity index (χ1) is 11.7.